The van der Waals surface area contributed by atoms with Crippen LogP contribution in [0.15, 0.2) is 18.2 Å². The van der Waals surface area contributed by atoms with E-state index in [1.807, 2.05) is 0 Å². The predicted octanol–water partition coefficient (Wildman–Crippen LogP) is 2.73. The summed E-state index contributed by atoms with van der Waals surface area (Å²) in [4.78, 5) is 13.2. The lowest BCUT2D eigenvalue weighted by Crippen LogP contribution is -2.22. The van der Waals surface area contributed by atoms with Crippen molar-refractivity contribution in [3.05, 3.63) is 23.8 Å². The van der Waals surface area contributed by atoms with Gasteiger partial charge in [0.1, 0.15) is 0 Å². The van der Waals surface area contributed by atoms with Gasteiger partial charge in [-0.2, -0.15) is 13.2 Å². The number of nitrogen functional groups attached to an aromatic ring is 1. The Morgan fingerprint density at radius 1 is 1.35 bits per heavy atom. The zero-order chi connectivity index (χ0) is 15.3. The summed E-state index contributed by atoms with van der Waals surface area (Å²) in [6, 6.07) is 4.69. The molecule has 0 aliphatic heterocycles. The molecule has 0 unspecified atom stereocenters. The number of nitrogens with zero attached hydrogens (tertiary/aromatic N) is 1. The molecule has 1 amide bonds. The average molecular weight is 289 g/mol. The minimum absolute atomic E-state index is 0.0468. The molecular formula is C13H18F3N3O. The number of alkyl halides is 3. The van der Waals surface area contributed by atoms with Crippen molar-refractivity contribution in [2.75, 3.05) is 31.7 Å². The van der Waals surface area contributed by atoms with E-state index in [2.05, 4.69) is 5.32 Å². The van der Waals surface area contributed by atoms with Crippen LogP contribution in [0.1, 0.15) is 23.2 Å². The van der Waals surface area contributed by atoms with E-state index >= 15 is 0 Å². The Morgan fingerprint density at radius 2 is 2.00 bits per heavy atom. The van der Waals surface area contributed by atoms with E-state index in [0.29, 0.717) is 16.9 Å². The molecule has 4 nitrogen and oxygen atoms in total. The van der Waals surface area contributed by atoms with E-state index in [0.717, 1.165) is 0 Å². The Kier molecular flexibility index (Phi) is 5.24. The number of rotatable bonds is 5. The molecule has 0 bridgehead atoms. The summed E-state index contributed by atoms with van der Waals surface area (Å²) in [6.45, 7) is 0.142. The van der Waals surface area contributed by atoms with Crippen LogP contribution in [0.25, 0.3) is 0 Å². The number of amides is 1. The van der Waals surface area contributed by atoms with E-state index < -0.39 is 12.6 Å². The van der Waals surface area contributed by atoms with Crippen molar-refractivity contribution in [2.45, 2.75) is 19.0 Å². The molecule has 0 saturated heterocycles. The molecular weight excluding hydrogens is 271 g/mol. The molecule has 0 radical (unpaired) electrons. The van der Waals surface area contributed by atoms with Crippen LogP contribution in [0.5, 0.6) is 0 Å². The first-order valence-electron chi connectivity index (χ1n) is 6.12. The smallest absolute Gasteiger partial charge is 0.389 e. The molecule has 7 heteroatoms. The summed E-state index contributed by atoms with van der Waals surface area (Å²) in [7, 11) is 3.24. The van der Waals surface area contributed by atoms with Gasteiger partial charge in [-0.25, -0.2) is 0 Å². The highest BCUT2D eigenvalue weighted by Crippen LogP contribution is 2.23. The van der Waals surface area contributed by atoms with Gasteiger partial charge in [0.2, 0.25) is 0 Å². The maximum absolute atomic E-state index is 12.0. The SMILES string of the molecule is CN(C)C(=O)c1ccc(N)c(NCCCC(F)(F)F)c1. The molecule has 20 heavy (non-hydrogen) atoms. The molecule has 1 aromatic carbocycles. The van der Waals surface area contributed by atoms with Crippen LogP contribution in [-0.4, -0.2) is 37.6 Å². The Bertz CT molecular complexity index is 472. The van der Waals surface area contributed by atoms with E-state index in [1.54, 1.807) is 32.3 Å². The highest BCUT2D eigenvalue weighted by atomic mass is 19.4. The number of nitrogens with one attached hydrogen (secondary N) is 1. The van der Waals surface area contributed by atoms with Gasteiger partial charge in [0.25, 0.3) is 5.91 Å². The second kappa shape index (κ2) is 6.49. The number of hydrogen-bond acceptors (Lipinski definition) is 3. The first-order chi connectivity index (χ1) is 9.20. The van der Waals surface area contributed by atoms with Crippen molar-refractivity contribution >= 4 is 17.3 Å². The second-order valence-corrected chi connectivity index (χ2v) is 4.65. The summed E-state index contributed by atoms with van der Waals surface area (Å²) in [5, 5.41) is 2.82. The van der Waals surface area contributed by atoms with E-state index in [9.17, 15) is 18.0 Å². The lowest BCUT2D eigenvalue weighted by atomic mass is 10.1. The lowest BCUT2D eigenvalue weighted by Gasteiger charge is -2.14. The molecule has 1 rings (SSSR count). The molecule has 0 aliphatic rings. The number of carbonyl (C=O) groups is 1. The van der Waals surface area contributed by atoms with E-state index in [4.69, 9.17) is 5.73 Å². The van der Waals surface area contributed by atoms with E-state index in [-0.39, 0.29) is 18.9 Å². The average Bonchev–Trinajstić information content (AvgIpc) is 2.34. The van der Waals surface area contributed by atoms with Crippen molar-refractivity contribution in [2.24, 2.45) is 0 Å². The number of benzene rings is 1. The Morgan fingerprint density at radius 3 is 2.55 bits per heavy atom. The third-order valence-electron chi connectivity index (χ3n) is 2.66. The highest BCUT2D eigenvalue weighted by molar-refractivity contribution is 5.95. The number of anilines is 2. The summed E-state index contributed by atoms with van der Waals surface area (Å²) >= 11 is 0. The normalized spacial score (nSPS) is 11.2. The summed E-state index contributed by atoms with van der Waals surface area (Å²) < 4.78 is 36.1. The molecule has 0 heterocycles. The van der Waals surface area contributed by atoms with Gasteiger partial charge in [0.15, 0.2) is 0 Å². The van der Waals surface area contributed by atoms with E-state index in [1.165, 1.54) is 4.90 Å². The quantitative estimate of drug-likeness (QED) is 0.647. The largest absolute Gasteiger partial charge is 0.397 e. The zero-order valence-electron chi connectivity index (χ0n) is 11.4. The van der Waals surface area contributed by atoms with Gasteiger partial charge in [-0.3, -0.25) is 4.79 Å². The summed E-state index contributed by atoms with van der Waals surface area (Å²) in [5.74, 6) is -0.191. The van der Waals surface area contributed by atoms with Gasteiger partial charge in [-0.05, 0) is 24.6 Å². The molecule has 0 spiro atoms. The number of nitrogens with two attached hydrogens (primary N) is 1. The van der Waals surface area contributed by atoms with Crippen LogP contribution < -0.4 is 11.1 Å². The van der Waals surface area contributed by atoms with Gasteiger partial charge in [-0.1, -0.05) is 0 Å². The topological polar surface area (TPSA) is 58.4 Å². The fraction of sp³-hybridized carbons (Fsp3) is 0.462. The predicted molar refractivity (Wildman–Crippen MR) is 72.7 cm³/mol. The van der Waals surface area contributed by atoms with Crippen molar-refractivity contribution in [3.8, 4) is 0 Å². The van der Waals surface area contributed by atoms with Crippen molar-refractivity contribution in [1.82, 2.24) is 4.90 Å². The van der Waals surface area contributed by atoms with Crippen LogP contribution in [0.2, 0.25) is 0 Å². The lowest BCUT2D eigenvalue weighted by molar-refractivity contribution is -0.134. The van der Waals surface area contributed by atoms with Crippen LogP contribution in [0.4, 0.5) is 24.5 Å². The van der Waals surface area contributed by atoms with Gasteiger partial charge in [0, 0.05) is 32.6 Å². The van der Waals surface area contributed by atoms with Crippen LogP contribution >= 0.6 is 0 Å². The highest BCUT2D eigenvalue weighted by Gasteiger charge is 2.25. The standard InChI is InChI=1S/C13H18F3N3O/c1-19(2)12(20)9-4-5-10(17)11(8-9)18-7-3-6-13(14,15)16/h4-5,8,18H,3,6-7,17H2,1-2H3. The third kappa shape index (κ3) is 4.99. The maximum Gasteiger partial charge on any atom is 0.389 e. The molecule has 3 N–H and O–H groups in total. The first kappa shape index (κ1) is 16.1. The van der Waals surface area contributed by atoms with Crippen LogP contribution in [0.3, 0.4) is 0 Å². The fourth-order valence-corrected chi connectivity index (χ4v) is 1.61. The Balaban J connectivity index is 2.65. The van der Waals surface area contributed by atoms with Crippen LogP contribution in [-0.2, 0) is 0 Å². The van der Waals surface area contributed by atoms with Gasteiger partial charge < -0.3 is 16.0 Å². The van der Waals surface area contributed by atoms with Crippen molar-refractivity contribution < 1.29 is 18.0 Å². The molecule has 0 atom stereocenters. The third-order valence-corrected chi connectivity index (χ3v) is 2.66. The molecule has 1 aromatic rings. The molecule has 0 aromatic heterocycles. The fourth-order valence-electron chi connectivity index (χ4n) is 1.61. The van der Waals surface area contributed by atoms with Gasteiger partial charge in [-0.15, -0.1) is 0 Å². The number of hydrogen-bond donors (Lipinski definition) is 2. The zero-order valence-corrected chi connectivity index (χ0v) is 11.4. The van der Waals surface area contributed by atoms with Crippen LogP contribution in [0, 0.1) is 0 Å². The molecule has 0 aliphatic carbocycles. The first-order valence-corrected chi connectivity index (χ1v) is 6.12. The minimum atomic E-state index is -4.16. The second-order valence-electron chi connectivity index (χ2n) is 4.65. The minimum Gasteiger partial charge on any atom is -0.397 e. The number of carbonyl (C=O) groups excluding carboxylic acids is 1. The monoisotopic (exact) mass is 289 g/mol. The Labute approximate surface area is 115 Å². The molecule has 0 fully saturated rings. The molecule has 112 valence electrons. The maximum atomic E-state index is 12.0. The van der Waals surface area contributed by atoms with Crippen molar-refractivity contribution in [1.29, 1.82) is 0 Å². The molecule has 0 saturated carbocycles. The van der Waals surface area contributed by atoms with Gasteiger partial charge in [0.05, 0.1) is 11.4 Å². The Hall–Kier alpha value is -1.92. The van der Waals surface area contributed by atoms with Gasteiger partial charge >= 0.3 is 6.18 Å². The summed E-state index contributed by atoms with van der Waals surface area (Å²) in [6.07, 6.45) is -5.05. The number of halogens is 3. The summed E-state index contributed by atoms with van der Waals surface area (Å²) in [5.41, 5.74) is 7.02. The van der Waals surface area contributed by atoms with Crippen molar-refractivity contribution in [3.63, 3.8) is 0 Å².